The second-order valence-electron chi connectivity index (χ2n) is 8.94. The molecule has 29 heavy (non-hydrogen) atoms. The fourth-order valence-electron chi connectivity index (χ4n) is 3.22. The van der Waals surface area contributed by atoms with E-state index in [9.17, 15) is 14.7 Å². The smallest absolute Gasteiger partial charge is 0.337 e. The van der Waals surface area contributed by atoms with Gasteiger partial charge in [0.1, 0.15) is 12.3 Å². The molecule has 8 nitrogen and oxygen atoms in total. The van der Waals surface area contributed by atoms with Crippen LogP contribution in [-0.2, 0) is 6.54 Å². The Bertz CT molecular complexity index is 1050. The van der Waals surface area contributed by atoms with Crippen LogP contribution >= 0.6 is 0 Å². The van der Waals surface area contributed by atoms with Gasteiger partial charge in [-0.2, -0.15) is 0 Å². The Balaban J connectivity index is 2.02. The Hall–Kier alpha value is -2.87. The van der Waals surface area contributed by atoms with Crippen LogP contribution in [0.5, 0.6) is 0 Å². The number of para-hydroxylation sites is 2. The molecular weight excluding hydrogens is 372 g/mol. The molecule has 3 rings (SSSR count). The maximum absolute atomic E-state index is 13.2. The molecule has 8 heteroatoms. The summed E-state index contributed by atoms with van der Waals surface area (Å²) in [6.45, 7) is 9.54. The summed E-state index contributed by atoms with van der Waals surface area (Å²) in [5.41, 5.74) is -0.615. The van der Waals surface area contributed by atoms with Crippen LogP contribution in [-0.4, -0.2) is 30.9 Å². The summed E-state index contributed by atoms with van der Waals surface area (Å²) in [5, 5.41) is 13.0. The first-order chi connectivity index (χ1) is 13.5. The zero-order valence-electron chi connectivity index (χ0n) is 17.5. The molecule has 1 unspecified atom stereocenters. The number of oxazole rings is 1. The molecule has 0 bridgehead atoms. The number of carbonyl (C=O) groups excluding carboxylic acids is 1. The van der Waals surface area contributed by atoms with E-state index in [0.717, 1.165) is 4.57 Å². The van der Waals surface area contributed by atoms with Crippen molar-refractivity contribution in [3.05, 3.63) is 53.1 Å². The van der Waals surface area contributed by atoms with Crippen LogP contribution in [0.2, 0.25) is 0 Å². The van der Waals surface area contributed by atoms with Gasteiger partial charge in [0.25, 0.3) is 0 Å². The summed E-state index contributed by atoms with van der Waals surface area (Å²) < 4.78 is 8.06. The van der Waals surface area contributed by atoms with Gasteiger partial charge in [0.2, 0.25) is 5.89 Å². The Morgan fingerprint density at radius 2 is 1.86 bits per heavy atom. The predicted molar refractivity (Wildman–Crippen MR) is 110 cm³/mol. The van der Waals surface area contributed by atoms with Gasteiger partial charge in [-0.3, -0.25) is 4.57 Å². The zero-order chi connectivity index (χ0) is 21.4. The van der Waals surface area contributed by atoms with Gasteiger partial charge in [-0.1, -0.05) is 32.9 Å². The summed E-state index contributed by atoms with van der Waals surface area (Å²) in [5.74, 6) is 0.379. The molecule has 0 saturated carbocycles. The zero-order valence-corrected chi connectivity index (χ0v) is 17.5. The lowest BCUT2D eigenvalue weighted by Gasteiger charge is -2.28. The molecule has 0 saturated heterocycles. The number of imidazole rings is 1. The minimum atomic E-state index is -0.923. The van der Waals surface area contributed by atoms with Crippen molar-refractivity contribution in [1.82, 2.24) is 19.4 Å². The molecule has 2 N–H and O–H groups in total. The van der Waals surface area contributed by atoms with E-state index in [1.807, 2.05) is 26.8 Å². The molecule has 0 aliphatic carbocycles. The average Bonchev–Trinajstić information content (AvgIpc) is 3.22. The molecule has 2 heterocycles. The maximum atomic E-state index is 13.2. The van der Waals surface area contributed by atoms with E-state index < -0.39 is 23.4 Å². The molecule has 2 aromatic heterocycles. The van der Waals surface area contributed by atoms with E-state index in [2.05, 4.69) is 10.3 Å². The number of hydrogen-bond acceptors (Lipinski definition) is 5. The van der Waals surface area contributed by atoms with Gasteiger partial charge < -0.3 is 14.8 Å². The van der Waals surface area contributed by atoms with Crippen molar-refractivity contribution in [2.45, 2.75) is 59.2 Å². The maximum Gasteiger partial charge on any atom is 0.337 e. The van der Waals surface area contributed by atoms with Crippen molar-refractivity contribution >= 4 is 17.1 Å². The van der Waals surface area contributed by atoms with Gasteiger partial charge >= 0.3 is 11.7 Å². The fraction of sp³-hybridized carbons (Fsp3) is 0.476. The number of aryl methyl sites for hydroxylation is 1. The molecule has 0 aliphatic heterocycles. The van der Waals surface area contributed by atoms with Crippen LogP contribution in [0.3, 0.4) is 0 Å². The monoisotopic (exact) mass is 400 g/mol. The molecule has 1 aromatic carbocycles. The summed E-state index contributed by atoms with van der Waals surface area (Å²) in [4.78, 5) is 30.4. The minimum Gasteiger partial charge on any atom is -0.447 e. The van der Waals surface area contributed by atoms with Crippen molar-refractivity contribution in [3.63, 3.8) is 0 Å². The number of rotatable bonds is 5. The minimum absolute atomic E-state index is 0.297. The van der Waals surface area contributed by atoms with E-state index >= 15 is 0 Å². The molecular formula is C21H28N4O4. The number of nitrogens with one attached hydrogen (secondary N) is 1. The number of benzene rings is 1. The van der Waals surface area contributed by atoms with Crippen LogP contribution in [0.1, 0.15) is 53.0 Å². The highest BCUT2D eigenvalue weighted by Crippen LogP contribution is 2.32. The topological polar surface area (TPSA) is 102 Å². The van der Waals surface area contributed by atoms with E-state index in [-0.39, 0.29) is 5.41 Å². The summed E-state index contributed by atoms with van der Waals surface area (Å²) in [7, 11) is 0. The average molecular weight is 400 g/mol. The van der Waals surface area contributed by atoms with Gasteiger partial charge in [0.15, 0.2) is 0 Å². The third-order valence-corrected chi connectivity index (χ3v) is 4.82. The second kappa shape index (κ2) is 7.51. The second-order valence-corrected chi connectivity index (χ2v) is 8.94. The molecule has 0 fully saturated rings. The van der Waals surface area contributed by atoms with Gasteiger partial charge in [-0.05, 0) is 37.8 Å². The Morgan fingerprint density at radius 1 is 1.21 bits per heavy atom. The van der Waals surface area contributed by atoms with Crippen molar-refractivity contribution < 1.29 is 14.3 Å². The number of amides is 1. The molecule has 1 atom stereocenters. The SMILES string of the molecule is CC(C)(O)CCn1c(=O)n(C(=O)NC(c2ncco2)C(C)(C)C)c2ccccc21. The first kappa shape index (κ1) is 20.9. The molecule has 0 aliphatic rings. The van der Waals surface area contributed by atoms with Crippen molar-refractivity contribution in [3.8, 4) is 0 Å². The lowest BCUT2D eigenvalue weighted by Crippen LogP contribution is -2.43. The first-order valence-electron chi connectivity index (χ1n) is 9.62. The van der Waals surface area contributed by atoms with Crippen molar-refractivity contribution in [2.75, 3.05) is 0 Å². The molecule has 0 radical (unpaired) electrons. The van der Waals surface area contributed by atoms with Crippen molar-refractivity contribution in [2.24, 2.45) is 5.41 Å². The Kier molecular flexibility index (Phi) is 5.40. The van der Waals surface area contributed by atoms with Crippen LogP contribution in [0.4, 0.5) is 4.79 Å². The van der Waals surface area contributed by atoms with Gasteiger partial charge in [0, 0.05) is 6.54 Å². The van der Waals surface area contributed by atoms with Crippen molar-refractivity contribution in [1.29, 1.82) is 0 Å². The van der Waals surface area contributed by atoms with Crippen LogP contribution in [0.15, 0.2) is 45.9 Å². The fourth-order valence-corrected chi connectivity index (χ4v) is 3.22. The lowest BCUT2D eigenvalue weighted by molar-refractivity contribution is 0.0662. The first-order valence-corrected chi connectivity index (χ1v) is 9.62. The number of nitrogens with zero attached hydrogens (tertiary/aromatic N) is 3. The van der Waals surface area contributed by atoms with E-state index in [1.54, 1.807) is 32.0 Å². The normalized spacial score (nSPS) is 13.6. The van der Waals surface area contributed by atoms with Gasteiger partial charge in [-0.25, -0.2) is 19.1 Å². The highest BCUT2D eigenvalue weighted by molar-refractivity contribution is 5.89. The van der Waals surface area contributed by atoms with E-state index in [1.165, 1.54) is 17.0 Å². The summed E-state index contributed by atoms with van der Waals surface area (Å²) >= 11 is 0. The third-order valence-electron chi connectivity index (χ3n) is 4.82. The lowest BCUT2D eigenvalue weighted by atomic mass is 9.86. The number of hydrogen-bond donors (Lipinski definition) is 2. The molecule has 1 amide bonds. The van der Waals surface area contributed by atoms with Crippen LogP contribution in [0.25, 0.3) is 11.0 Å². The highest BCUT2D eigenvalue weighted by atomic mass is 16.3. The standard InChI is InChI=1S/C21H28N4O4/c1-20(2,3)16(17-22-11-13-29-17)23-18(26)25-15-9-7-6-8-14(15)24(19(25)27)12-10-21(4,5)28/h6-9,11,13,16,28H,10,12H2,1-5H3,(H,23,26). The number of fused-ring (bicyclic) bond motifs is 1. The Labute approximate surface area is 169 Å². The van der Waals surface area contributed by atoms with E-state index in [0.29, 0.717) is 29.9 Å². The summed E-state index contributed by atoms with van der Waals surface area (Å²) in [6.07, 6.45) is 3.35. The molecule has 156 valence electrons. The largest absolute Gasteiger partial charge is 0.447 e. The highest BCUT2D eigenvalue weighted by Gasteiger charge is 2.33. The molecule has 0 spiro atoms. The molecule has 3 aromatic rings. The third kappa shape index (κ3) is 4.42. The van der Waals surface area contributed by atoms with Gasteiger partial charge in [0.05, 0.1) is 22.8 Å². The number of carbonyl (C=O) groups is 1. The van der Waals surface area contributed by atoms with E-state index in [4.69, 9.17) is 4.42 Å². The summed E-state index contributed by atoms with van der Waals surface area (Å²) in [6, 6.07) is 6.05. The quantitative estimate of drug-likeness (QED) is 0.684. The van der Waals surface area contributed by atoms with Crippen LogP contribution < -0.4 is 11.0 Å². The number of aliphatic hydroxyl groups is 1. The number of aromatic nitrogens is 3. The van der Waals surface area contributed by atoms with Crippen LogP contribution in [0, 0.1) is 5.41 Å². The predicted octanol–water partition coefficient (Wildman–Crippen LogP) is 3.30. The Morgan fingerprint density at radius 3 is 2.41 bits per heavy atom. The van der Waals surface area contributed by atoms with Gasteiger partial charge in [-0.15, -0.1) is 0 Å².